The Morgan fingerprint density at radius 2 is 1.62 bits per heavy atom. The summed E-state index contributed by atoms with van der Waals surface area (Å²) in [5.74, 6) is 2.05. The van der Waals surface area contributed by atoms with E-state index in [-0.39, 0.29) is 0 Å². The highest BCUT2D eigenvalue weighted by atomic mass is 16.5. The molecule has 26 heavy (non-hydrogen) atoms. The van der Waals surface area contributed by atoms with Crippen molar-refractivity contribution in [2.45, 2.75) is 6.61 Å². The normalized spacial score (nSPS) is 10.7. The van der Waals surface area contributed by atoms with Gasteiger partial charge in [-0.2, -0.15) is 4.98 Å². The Hall–Kier alpha value is -3.40. The number of aromatic nitrogens is 2. The molecule has 0 aliphatic heterocycles. The van der Waals surface area contributed by atoms with E-state index < -0.39 is 0 Å². The van der Waals surface area contributed by atoms with Crippen molar-refractivity contribution >= 4 is 10.9 Å². The Bertz CT molecular complexity index is 1030. The molecule has 0 fully saturated rings. The molecule has 0 aliphatic rings. The largest absolute Gasteiger partial charge is 0.497 e. The molecule has 128 valence electrons. The van der Waals surface area contributed by atoms with Gasteiger partial charge in [0.1, 0.15) is 12.4 Å². The lowest BCUT2D eigenvalue weighted by molar-refractivity contribution is 0.297. The number of para-hydroxylation sites is 1. The van der Waals surface area contributed by atoms with Crippen molar-refractivity contribution in [1.29, 1.82) is 0 Å². The second kappa shape index (κ2) is 7.23. The summed E-state index contributed by atoms with van der Waals surface area (Å²) in [6.45, 7) is 0.409. The van der Waals surface area contributed by atoms with Gasteiger partial charge in [-0.05, 0) is 29.8 Å². The van der Waals surface area contributed by atoms with Gasteiger partial charge in [-0.25, -0.2) is 4.98 Å². The monoisotopic (exact) mass is 342 g/mol. The molecule has 4 heteroatoms. The molecule has 1 aromatic heterocycles. The summed E-state index contributed by atoms with van der Waals surface area (Å²) in [6, 6.07) is 25.6. The average Bonchev–Trinajstić information content (AvgIpc) is 2.72. The van der Waals surface area contributed by atoms with E-state index in [4.69, 9.17) is 9.47 Å². The van der Waals surface area contributed by atoms with Gasteiger partial charge in [0.15, 0.2) is 5.82 Å². The molecule has 0 bridgehead atoms. The Labute approximate surface area is 152 Å². The van der Waals surface area contributed by atoms with Crippen LogP contribution in [0.4, 0.5) is 0 Å². The van der Waals surface area contributed by atoms with Crippen LogP contribution < -0.4 is 9.47 Å². The van der Waals surface area contributed by atoms with Crippen LogP contribution in [0.15, 0.2) is 78.9 Å². The SMILES string of the molecule is COc1cccc(COc2nc(-c3ccccc3)nc3ccccc23)c1. The topological polar surface area (TPSA) is 44.2 Å². The summed E-state index contributed by atoms with van der Waals surface area (Å²) < 4.78 is 11.3. The number of rotatable bonds is 5. The summed E-state index contributed by atoms with van der Waals surface area (Å²) in [7, 11) is 1.66. The predicted octanol–water partition coefficient (Wildman–Crippen LogP) is 4.88. The molecule has 0 spiro atoms. The van der Waals surface area contributed by atoms with Crippen LogP contribution in [-0.2, 0) is 6.61 Å². The first kappa shape index (κ1) is 16.1. The van der Waals surface area contributed by atoms with Crippen molar-refractivity contribution in [3.8, 4) is 23.0 Å². The van der Waals surface area contributed by atoms with Gasteiger partial charge in [-0.1, -0.05) is 54.6 Å². The first-order valence-corrected chi connectivity index (χ1v) is 8.41. The third-order valence-corrected chi connectivity index (χ3v) is 4.11. The van der Waals surface area contributed by atoms with E-state index in [0.29, 0.717) is 18.3 Å². The summed E-state index contributed by atoms with van der Waals surface area (Å²) in [5, 5.41) is 0.898. The van der Waals surface area contributed by atoms with Crippen LogP contribution in [0, 0.1) is 0 Å². The van der Waals surface area contributed by atoms with E-state index in [1.54, 1.807) is 7.11 Å². The van der Waals surface area contributed by atoms with Crippen LogP contribution >= 0.6 is 0 Å². The summed E-state index contributed by atoms with van der Waals surface area (Å²) in [4.78, 5) is 9.34. The molecule has 4 rings (SSSR count). The molecule has 4 aromatic rings. The van der Waals surface area contributed by atoms with Gasteiger partial charge >= 0.3 is 0 Å². The van der Waals surface area contributed by atoms with E-state index in [2.05, 4.69) is 9.97 Å². The van der Waals surface area contributed by atoms with Crippen LogP contribution in [0.3, 0.4) is 0 Å². The van der Waals surface area contributed by atoms with Crippen molar-refractivity contribution < 1.29 is 9.47 Å². The molecule has 0 unspecified atom stereocenters. The maximum absolute atomic E-state index is 6.06. The highest BCUT2D eigenvalue weighted by molar-refractivity contribution is 5.85. The fourth-order valence-electron chi connectivity index (χ4n) is 2.79. The predicted molar refractivity (Wildman–Crippen MR) is 102 cm³/mol. The Balaban J connectivity index is 1.71. The van der Waals surface area contributed by atoms with E-state index in [1.165, 1.54) is 0 Å². The minimum absolute atomic E-state index is 0.409. The molecule has 0 N–H and O–H groups in total. The molecule has 0 amide bonds. The second-order valence-corrected chi connectivity index (χ2v) is 5.88. The fourth-order valence-corrected chi connectivity index (χ4v) is 2.79. The van der Waals surface area contributed by atoms with Gasteiger partial charge in [0.25, 0.3) is 0 Å². The number of ether oxygens (including phenoxy) is 2. The number of hydrogen-bond acceptors (Lipinski definition) is 4. The third-order valence-electron chi connectivity index (χ3n) is 4.11. The molecule has 0 aliphatic carbocycles. The lowest BCUT2D eigenvalue weighted by atomic mass is 10.2. The fraction of sp³-hybridized carbons (Fsp3) is 0.0909. The minimum atomic E-state index is 0.409. The van der Waals surface area contributed by atoms with E-state index in [9.17, 15) is 0 Å². The maximum atomic E-state index is 6.06. The number of nitrogens with zero attached hydrogens (tertiary/aromatic N) is 2. The van der Waals surface area contributed by atoms with Gasteiger partial charge < -0.3 is 9.47 Å². The molecule has 0 saturated carbocycles. The lowest BCUT2D eigenvalue weighted by Gasteiger charge is -2.11. The van der Waals surface area contributed by atoms with E-state index >= 15 is 0 Å². The number of methoxy groups -OCH3 is 1. The van der Waals surface area contributed by atoms with Gasteiger partial charge in [0.2, 0.25) is 5.88 Å². The first-order valence-electron chi connectivity index (χ1n) is 8.41. The quantitative estimate of drug-likeness (QED) is 0.518. The number of fused-ring (bicyclic) bond motifs is 1. The zero-order valence-corrected chi connectivity index (χ0v) is 14.4. The molecule has 4 nitrogen and oxygen atoms in total. The van der Waals surface area contributed by atoms with Crippen LogP contribution in [-0.4, -0.2) is 17.1 Å². The number of hydrogen-bond donors (Lipinski definition) is 0. The van der Waals surface area contributed by atoms with Crippen molar-refractivity contribution in [2.75, 3.05) is 7.11 Å². The van der Waals surface area contributed by atoms with Crippen molar-refractivity contribution in [3.05, 3.63) is 84.4 Å². The summed E-state index contributed by atoms with van der Waals surface area (Å²) >= 11 is 0. The van der Waals surface area contributed by atoms with Gasteiger partial charge in [0.05, 0.1) is 18.0 Å². The molecular formula is C22H18N2O2. The molecule has 0 saturated heterocycles. The zero-order valence-electron chi connectivity index (χ0n) is 14.4. The highest BCUT2D eigenvalue weighted by Crippen LogP contribution is 2.27. The molecule has 0 atom stereocenters. The zero-order chi connectivity index (χ0) is 17.8. The van der Waals surface area contributed by atoms with Gasteiger partial charge in [-0.15, -0.1) is 0 Å². The van der Waals surface area contributed by atoms with Crippen molar-refractivity contribution in [1.82, 2.24) is 9.97 Å². The second-order valence-electron chi connectivity index (χ2n) is 5.88. The smallest absolute Gasteiger partial charge is 0.225 e. The van der Waals surface area contributed by atoms with E-state index in [0.717, 1.165) is 27.8 Å². The highest BCUT2D eigenvalue weighted by Gasteiger charge is 2.10. The van der Waals surface area contributed by atoms with Crippen LogP contribution in [0.5, 0.6) is 11.6 Å². The van der Waals surface area contributed by atoms with Crippen molar-refractivity contribution in [3.63, 3.8) is 0 Å². The average molecular weight is 342 g/mol. The molecule has 1 heterocycles. The standard InChI is InChI=1S/C22H18N2O2/c1-25-18-11-7-8-16(14-18)15-26-22-19-12-5-6-13-20(19)23-21(24-22)17-9-3-2-4-10-17/h2-14H,15H2,1H3. The van der Waals surface area contributed by atoms with Gasteiger partial charge in [-0.3, -0.25) is 0 Å². The van der Waals surface area contributed by atoms with Crippen LogP contribution in [0.2, 0.25) is 0 Å². The first-order chi connectivity index (χ1) is 12.8. The molecule has 3 aromatic carbocycles. The minimum Gasteiger partial charge on any atom is -0.497 e. The van der Waals surface area contributed by atoms with Gasteiger partial charge in [0, 0.05) is 5.56 Å². The third kappa shape index (κ3) is 3.35. The van der Waals surface area contributed by atoms with E-state index in [1.807, 2.05) is 78.9 Å². The Morgan fingerprint density at radius 3 is 2.46 bits per heavy atom. The molecule has 0 radical (unpaired) electrons. The number of benzene rings is 3. The van der Waals surface area contributed by atoms with Crippen LogP contribution in [0.1, 0.15) is 5.56 Å². The Morgan fingerprint density at radius 1 is 0.808 bits per heavy atom. The maximum Gasteiger partial charge on any atom is 0.225 e. The summed E-state index contributed by atoms with van der Waals surface area (Å²) in [5.41, 5.74) is 2.85. The van der Waals surface area contributed by atoms with Crippen LogP contribution in [0.25, 0.3) is 22.3 Å². The molecular weight excluding hydrogens is 324 g/mol. The lowest BCUT2D eigenvalue weighted by Crippen LogP contribution is -2.01. The van der Waals surface area contributed by atoms with Crippen molar-refractivity contribution in [2.24, 2.45) is 0 Å². The summed E-state index contributed by atoms with van der Waals surface area (Å²) in [6.07, 6.45) is 0. The Kier molecular flexibility index (Phi) is 4.48.